The standard InChI is InChI=1S/C16H26N2OS/c1-11-12(2)20-16(17-11)10-18-9-5-7-14(18)13-6-3-4-8-15(13)19/h13-15,19H,3-10H2,1-2H3. The molecule has 4 heteroatoms. The number of aliphatic hydroxyl groups is 1. The van der Waals surface area contributed by atoms with Crippen LogP contribution in [0.15, 0.2) is 0 Å². The largest absolute Gasteiger partial charge is 0.393 e. The molecule has 3 nitrogen and oxygen atoms in total. The van der Waals surface area contributed by atoms with Gasteiger partial charge in [-0.2, -0.15) is 0 Å². The maximum absolute atomic E-state index is 10.3. The van der Waals surface area contributed by atoms with Gasteiger partial charge in [-0.25, -0.2) is 4.98 Å². The molecule has 2 aliphatic rings. The van der Waals surface area contributed by atoms with E-state index in [1.807, 2.05) is 11.3 Å². The van der Waals surface area contributed by atoms with Gasteiger partial charge in [0.05, 0.1) is 18.3 Å². The normalized spacial score (nSPS) is 31.9. The van der Waals surface area contributed by atoms with Gasteiger partial charge in [-0.15, -0.1) is 11.3 Å². The van der Waals surface area contributed by atoms with Crippen molar-refractivity contribution < 1.29 is 5.11 Å². The molecule has 0 bridgehead atoms. The first-order valence-corrected chi connectivity index (χ1v) is 8.82. The van der Waals surface area contributed by atoms with Crippen LogP contribution in [0.25, 0.3) is 0 Å². The average Bonchev–Trinajstić information content (AvgIpc) is 2.98. The molecule has 1 saturated carbocycles. The predicted octanol–water partition coefficient (Wildman–Crippen LogP) is 3.28. The molecule has 0 aromatic carbocycles. The Hall–Kier alpha value is -0.450. The van der Waals surface area contributed by atoms with Crippen molar-refractivity contribution in [2.75, 3.05) is 6.54 Å². The average molecular weight is 294 g/mol. The molecule has 3 atom stereocenters. The topological polar surface area (TPSA) is 36.4 Å². The number of aryl methyl sites for hydroxylation is 2. The van der Waals surface area contributed by atoms with E-state index >= 15 is 0 Å². The lowest BCUT2D eigenvalue weighted by molar-refractivity contribution is 0.0201. The minimum atomic E-state index is -0.0749. The van der Waals surface area contributed by atoms with Gasteiger partial charge in [-0.3, -0.25) is 4.90 Å². The molecule has 20 heavy (non-hydrogen) atoms. The molecule has 1 N–H and O–H groups in total. The van der Waals surface area contributed by atoms with Crippen LogP contribution in [0, 0.1) is 19.8 Å². The van der Waals surface area contributed by atoms with Crippen LogP contribution in [0.5, 0.6) is 0 Å². The van der Waals surface area contributed by atoms with E-state index in [9.17, 15) is 5.11 Å². The number of rotatable bonds is 3. The lowest BCUT2D eigenvalue weighted by atomic mass is 9.80. The van der Waals surface area contributed by atoms with Crippen molar-refractivity contribution in [1.82, 2.24) is 9.88 Å². The highest BCUT2D eigenvalue weighted by molar-refractivity contribution is 7.11. The second-order valence-electron chi connectivity index (χ2n) is 6.44. The van der Waals surface area contributed by atoms with E-state index in [1.165, 1.54) is 54.2 Å². The van der Waals surface area contributed by atoms with E-state index in [2.05, 4.69) is 23.7 Å². The van der Waals surface area contributed by atoms with Gasteiger partial charge in [-0.1, -0.05) is 12.8 Å². The molecule has 0 radical (unpaired) electrons. The summed E-state index contributed by atoms with van der Waals surface area (Å²) in [6.07, 6.45) is 7.16. The Kier molecular flexibility index (Phi) is 4.43. The Balaban J connectivity index is 1.68. The zero-order valence-electron chi connectivity index (χ0n) is 12.6. The molecule has 1 aromatic rings. The first-order chi connectivity index (χ1) is 9.65. The number of aliphatic hydroxyl groups excluding tert-OH is 1. The van der Waals surface area contributed by atoms with E-state index in [-0.39, 0.29) is 6.10 Å². The zero-order valence-corrected chi connectivity index (χ0v) is 13.5. The molecule has 3 unspecified atom stereocenters. The molecule has 1 aromatic heterocycles. The monoisotopic (exact) mass is 294 g/mol. The number of hydrogen-bond donors (Lipinski definition) is 1. The third-order valence-electron chi connectivity index (χ3n) is 5.10. The quantitative estimate of drug-likeness (QED) is 0.929. The van der Waals surface area contributed by atoms with Crippen LogP contribution in [0.1, 0.15) is 54.1 Å². The fraction of sp³-hybridized carbons (Fsp3) is 0.812. The second-order valence-corrected chi connectivity index (χ2v) is 7.73. The van der Waals surface area contributed by atoms with Crippen molar-refractivity contribution in [2.45, 2.75) is 71.1 Å². The van der Waals surface area contributed by atoms with E-state index in [4.69, 9.17) is 0 Å². The second kappa shape index (κ2) is 6.12. The number of nitrogens with zero attached hydrogens (tertiary/aromatic N) is 2. The smallest absolute Gasteiger partial charge is 0.107 e. The molecule has 112 valence electrons. The summed E-state index contributed by atoms with van der Waals surface area (Å²) in [5.74, 6) is 0.494. The maximum atomic E-state index is 10.3. The van der Waals surface area contributed by atoms with Crippen molar-refractivity contribution in [3.63, 3.8) is 0 Å². The highest BCUT2D eigenvalue weighted by atomic mass is 32.1. The Labute approximate surface area is 126 Å². The Morgan fingerprint density at radius 3 is 2.70 bits per heavy atom. The molecule has 3 rings (SSSR count). The summed E-state index contributed by atoms with van der Waals surface area (Å²) in [5, 5.41) is 11.6. The SMILES string of the molecule is Cc1nc(CN2CCCC2C2CCCCC2O)sc1C. The van der Waals surface area contributed by atoms with Gasteiger partial charge >= 0.3 is 0 Å². The van der Waals surface area contributed by atoms with Crippen LogP contribution >= 0.6 is 11.3 Å². The molecule has 0 amide bonds. The van der Waals surface area contributed by atoms with Gasteiger partial charge in [0.2, 0.25) is 0 Å². The van der Waals surface area contributed by atoms with Gasteiger partial charge in [0.1, 0.15) is 5.01 Å². The Morgan fingerprint density at radius 2 is 2.00 bits per heavy atom. The number of aromatic nitrogens is 1. The van der Waals surface area contributed by atoms with E-state index < -0.39 is 0 Å². The molecule has 1 aliphatic carbocycles. The Morgan fingerprint density at radius 1 is 1.20 bits per heavy atom. The molecular weight excluding hydrogens is 268 g/mol. The van der Waals surface area contributed by atoms with Crippen LogP contribution in [0.4, 0.5) is 0 Å². The first kappa shape index (κ1) is 14.5. The van der Waals surface area contributed by atoms with Gasteiger partial charge in [0.15, 0.2) is 0 Å². The van der Waals surface area contributed by atoms with Crippen molar-refractivity contribution in [2.24, 2.45) is 5.92 Å². The van der Waals surface area contributed by atoms with Crippen molar-refractivity contribution in [3.8, 4) is 0 Å². The molecular formula is C16H26N2OS. The Bertz CT molecular complexity index is 440. The summed E-state index contributed by atoms with van der Waals surface area (Å²) in [7, 11) is 0. The number of hydrogen-bond acceptors (Lipinski definition) is 4. The zero-order chi connectivity index (χ0) is 14.1. The van der Waals surface area contributed by atoms with Crippen LogP contribution in [-0.2, 0) is 6.54 Å². The molecule has 1 aliphatic heterocycles. The summed E-state index contributed by atoms with van der Waals surface area (Å²) >= 11 is 1.84. The third kappa shape index (κ3) is 2.92. The van der Waals surface area contributed by atoms with E-state index in [0.29, 0.717) is 12.0 Å². The lowest BCUT2D eigenvalue weighted by Gasteiger charge is -2.37. The van der Waals surface area contributed by atoms with E-state index in [0.717, 1.165) is 13.0 Å². The highest BCUT2D eigenvalue weighted by Crippen LogP contribution is 2.35. The van der Waals surface area contributed by atoms with Gasteiger partial charge < -0.3 is 5.11 Å². The van der Waals surface area contributed by atoms with Crippen LogP contribution in [0.2, 0.25) is 0 Å². The van der Waals surface area contributed by atoms with Gasteiger partial charge in [-0.05, 0) is 46.1 Å². The van der Waals surface area contributed by atoms with Gasteiger partial charge in [0.25, 0.3) is 0 Å². The molecule has 0 spiro atoms. The molecule has 2 fully saturated rings. The van der Waals surface area contributed by atoms with Crippen LogP contribution < -0.4 is 0 Å². The van der Waals surface area contributed by atoms with Gasteiger partial charge in [0, 0.05) is 16.8 Å². The summed E-state index contributed by atoms with van der Waals surface area (Å²) in [6, 6.07) is 0.579. The van der Waals surface area contributed by atoms with Crippen LogP contribution in [0.3, 0.4) is 0 Å². The minimum Gasteiger partial charge on any atom is -0.393 e. The fourth-order valence-corrected chi connectivity index (χ4v) is 4.86. The molecule has 1 saturated heterocycles. The summed E-state index contributed by atoms with van der Waals surface area (Å²) in [5.41, 5.74) is 1.18. The van der Waals surface area contributed by atoms with Crippen molar-refractivity contribution in [1.29, 1.82) is 0 Å². The first-order valence-electron chi connectivity index (χ1n) is 8.00. The van der Waals surface area contributed by atoms with Crippen LogP contribution in [-0.4, -0.2) is 33.7 Å². The molecule has 2 heterocycles. The number of likely N-dealkylation sites (tertiary alicyclic amines) is 1. The van der Waals surface area contributed by atoms with Crippen molar-refractivity contribution >= 4 is 11.3 Å². The summed E-state index contributed by atoms with van der Waals surface area (Å²) in [4.78, 5) is 8.61. The maximum Gasteiger partial charge on any atom is 0.107 e. The number of thiazole rings is 1. The minimum absolute atomic E-state index is 0.0749. The summed E-state index contributed by atoms with van der Waals surface area (Å²) in [6.45, 7) is 6.41. The van der Waals surface area contributed by atoms with Crippen molar-refractivity contribution in [3.05, 3.63) is 15.6 Å². The van der Waals surface area contributed by atoms with E-state index in [1.54, 1.807) is 0 Å². The highest BCUT2D eigenvalue weighted by Gasteiger charge is 2.37. The summed E-state index contributed by atoms with van der Waals surface area (Å²) < 4.78 is 0. The fourth-order valence-electron chi connectivity index (χ4n) is 3.90. The lowest BCUT2D eigenvalue weighted by Crippen LogP contribution is -2.42. The predicted molar refractivity (Wildman–Crippen MR) is 83.0 cm³/mol. The third-order valence-corrected chi connectivity index (χ3v) is 6.16.